The Morgan fingerprint density at radius 1 is 1.06 bits per heavy atom. The van der Waals surface area contributed by atoms with Crippen molar-refractivity contribution in [3.63, 3.8) is 0 Å². The van der Waals surface area contributed by atoms with Crippen LogP contribution in [0.4, 0.5) is 6.01 Å². The highest BCUT2D eigenvalue weighted by molar-refractivity contribution is 7.98. The first-order valence-electron chi connectivity index (χ1n) is 10.3. The van der Waals surface area contributed by atoms with Gasteiger partial charge in [0.15, 0.2) is 0 Å². The Kier molecular flexibility index (Phi) is 6.63. The van der Waals surface area contributed by atoms with Gasteiger partial charge in [-0.3, -0.25) is 10.1 Å². The number of piperidine rings is 1. The van der Waals surface area contributed by atoms with Gasteiger partial charge in [-0.25, -0.2) is 8.42 Å². The molecule has 0 unspecified atom stereocenters. The van der Waals surface area contributed by atoms with Gasteiger partial charge in [-0.15, -0.1) is 16.9 Å². The summed E-state index contributed by atoms with van der Waals surface area (Å²) in [6.45, 7) is 3.17. The molecule has 168 valence electrons. The number of anilines is 1. The van der Waals surface area contributed by atoms with Gasteiger partial charge < -0.3 is 4.42 Å². The van der Waals surface area contributed by atoms with Gasteiger partial charge in [0.05, 0.1) is 4.90 Å². The van der Waals surface area contributed by atoms with Gasteiger partial charge in [0, 0.05) is 29.1 Å². The third-order valence-corrected chi connectivity index (χ3v) is 8.14. The molecule has 1 fully saturated rings. The summed E-state index contributed by atoms with van der Waals surface area (Å²) in [4.78, 5) is 13.8. The predicted molar refractivity (Wildman–Crippen MR) is 123 cm³/mol. The van der Waals surface area contributed by atoms with E-state index in [1.165, 1.54) is 28.6 Å². The lowest BCUT2D eigenvalue weighted by atomic mass is 10.0. The summed E-state index contributed by atoms with van der Waals surface area (Å²) in [7, 11) is -3.56. The molecule has 2 aromatic carbocycles. The Balaban J connectivity index is 1.42. The van der Waals surface area contributed by atoms with Crippen LogP contribution in [0, 0.1) is 5.92 Å². The zero-order chi connectivity index (χ0) is 22.7. The van der Waals surface area contributed by atoms with Crippen LogP contribution in [-0.4, -0.2) is 48.2 Å². The molecule has 0 spiro atoms. The third-order valence-electron chi connectivity index (χ3n) is 5.48. The largest absolute Gasteiger partial charge is 0.403 e. The molecule has 1 aliphatic rings. The van der Waals surface area contributed by atoms with E-state index >= 15 is 0 Å². The normalized spacial score (nSPS) is 15.6. The maximum atomic E-state index is 12.8. The molecule has 0 bridgehead atoms. The molecule has 4 rings (SSSR count). The van der Waals surface area contributed by atoms with E-state index in [2.05, 4.69) is 22.4 Å². The van der Waals surface area contributed by atoms with E-state index in [0.717, 1.165) is 23.3 Å². The van der Waals surface area contributed by atoms with Crippen LogP contribution in [0.15, 0.2) is 62.7 Å². The van der Waals surface area contributed by atoms with Crippen LogP contribution < -0.4 is 5.32 Å². The van der Waals surface area contributed by atoms with E-state index in [9.17, 15) is 13.2 Å². The quantitative estimate of drug-likeness (QED) is 0.538. The Morgan fingerprint density at radius 2 is 1.72 bits per heavy atom. The topological polar surface area (TPSA) is 105 Å². The van der Waals surface area contributed by atoms with Gasteiger partial charge in [-0.1, -0.05) is 12.0 Å². The van der Waals surface area contributed by atoms with Crippen LogP contribution in [0.1, 0.15) is 30.1 Å². The maximum Gasteiger partial charge on any atom is 0.322 e. The molecule has 2 heterocycles. The van der Waals surface area contributed by atoms with E-state index in [4.69, 9.17) is 4.42 Å². The zero-order valence-electron chi connectivity index (χ0n) is 17.8. The average Bonchev–Trinajstić information content (AvgIpc) is 3.28. The second-order valence-corrected chi connectivity index (χ2v) is 10.5. The molecule has 1 aliphatic heterocycles. The lowest BCUT2D eigenvalue weighted by Crippen LogP contribution is -2.37. The van der Waals surface area contributed by atoms with Crippen molar-refractivity contribution < 1.29 is 17.6 Å². The van der Waals surface area contributed by atoms with Crippen molar-refractivity contribution in [2.45, 2.75) is 29.6 Å². The molecule has 0 saturated carbocycles. The number of amides is 1. The van der Waals surface area contributed by atoms with Gasteiger partial charge >= 0.3 is 6.01 Å². The van der Waals surface area contributed by atoms with Gasteiger partial charge in [-0.2, -0.15) is 4.31 Å². The van der Waals surface area contributed by atoms with Gasteiger partial charge in [0.2, 0.25) is 15.9 Å². The number of rotatable bonds is 6. The summed E-state index contributed by atoms with van der Waals surface area (Å²) >= 11 is 1.63. The Morgan fingerprint density at radius 3 is 2.34 bits per heavy atom. The number of carbonyl (C=O) groups is 1. The molecule has 8 nitrogen and oxygen atoms in total. The van der Waals surface area contributed by atoms with Crippen LogP contribution in [0.3, 0.4) is 0 Å². The number of nitrogens with zero attached hydrogens (tertiary/aromatic N) is 3. The summed E-state index contributed by atoms with van der Waals surface area (Å²) in [6, 6.07) is 13.5. The standard InChI is InChI=1S/C22H24N4O4S2/c1-15-11-13-26(14-12-15)32(28,29)19-9-5-16(6-10-19)20(27)23-22-25-24-21(30-22)17-3-7-18(31-2)8-4-17/h3-10,15H,11-14H2,1-2H3,(H,23,25,27). The average molecular weight is 473 g/mol. The number of carbonyl (C=O) groups excluding carboxylic acids is 1. The number of hydrogen-bond donors (Lipinski definition) is 1. The van der Waals surface area contributed by atoms with Gasteiger partial charge in [0.1, 0.15) is 0 Å². The molecule has 10 heteroatoms. The van der Waals surface area contributed by atoms with Gasteiger partial charge in [-0.05, 0) is 73.5 Å². The molecule has 32 heavy (non-hydrogen) atoms. The Bertz CT molecular complexity index is 1180. The highest BCUT2D eigenvalue weighted by Crippen LogP contribution is 2.25. The molecular weight excluding hydrogens is 448 g/mol. The second kappa shape index (κ2) is 9.43. The minimum absolute atomic E-state index is 0.0296. The summed E-state index contributed by atoms with van der Waals surface area (Å²) in [5.74, 6) is 0.367. The highest BCUT2D eigenvalue weighted by Gasteiger charge is 2.28. The van der Waals surface area contributed by atoms with E-state index in [1.807, 2.05) is 30.5 Å². The molecule has 1 N–H and O–H groups in total. The van der Waals surface area contributed by atoms with Gasteiger partial charge in [0.25, 0.3) is 5.91 Å². The van der Waals surface area contributed by atoms with E-state index in [-0.39, 0.29) is 10.9 Å². The number of sulfonamides is 1. The molecule has 1 saturated heterocycles. The van der Waals surface area contributed by atoms with Crippen LogP contribution in [-0.2, 0) is 10.0 Å². The van der Waals surface area contributed by atoms with Crippen molar-refractivity contribution in [1.29, 1.82) is 0 Å². The zero-order valence-corrected chi connectivity index (χ0v) is 19.4. The number of hydrogen-bond acceptors (Lipinski definition) is 7. The first kappa shape index (κ1) is 22.5. The number of nitrogens with one attached hydrogen (secondary N) is 1. The molecule has 3 aromatic rings. The van der Waals surface area contributed by atoms with Crippen molar-refractivity contribution in [3.8, 4) is 11.5 Å². The van der Waals surface area contributed by atoms with E-state index < -0.39 is 15.9 Å². The molecule has 1 aromatic heterocycles. The number of thioether (sulfide) groups is 1. The van der Waals surface area contributed by atoms with E-state index in [1.54, 1.807) is 11.8 Å². The van der Waals surface area contributed by atoms with E-state index in [0.29, 0.717) is 30.5 Å². The Labute approximate surface area is 191 Å². The Hall–Kier alpha value is -2.69. The first-order chi connectivity index (χ1) is 15.4. The lowest BCUT2D eigenvalue weighted by molar-refractivity contribution is 0.102. The minimum Gasteiger partial charge on any atom is -0.403 e. The smallest absolute Gasteiger partial charge is 0.322 e. The SMILES string of the molecule is CSc1ccc(-c2nnc(NC(=O)c3ccc(S(=O)(=O)N4CCC(C)CC4)cc3)o2)cc1. The third kappa shape index (κ3) is 4.87. The highest BCUT2D eigenvalue weighted by atomic mass is 32.2. The molecule has 1 amide bonds. The fraction of sp³-hybridized carbons (Fsp3) is 0.318. The number of benzene rings is 2. The molecule has 0 aliphatic carbocycles. The van der Waals surface area contributed by atoms with Crippen LogP contribution in [0.2, 0.25) is 0 Å². The maximum absolute atomic E-state index is 12.8. The van der Waals surface area contributed by atoms with Crippen LogP contribution in [0.25, 0.3) is 11.5 Å². The lowest BCUT2D eigenvalue weighted by Gasteiger charge is -2.29. The van der Waals surface area contributed by atoms with Crippen molar-refractivity contribution in [2.24, 2.45) is 5.92 Å². The fourth-order valence-electron chi connectivity index (χ4n) is 3.45. The first-order valence-corrected chi connectivity index (χ1v) is 12.9. The summed E-state index contributed by atoms with van der Waals surface area (Å²) < 4.78 is 32.7. The molecule has 0 radical (unpaired) electrons. The summed E-state index contributed by atoms with van der Waals surface area (Å²) in [5, 5.41) is 10.4. The second-order valence-electron chi connectivity index (χ2n) is 7.71. The van der Waals surface area contributed by atoms with Crippen molar-refractivity contribution in [3.05, 3.63) is 54.1 Å². The fourth-order valence-corrected chi connectivity index (χ4v) is 5.32. The van der Waals surface area contributed by atoms with Crippen LogP contribution in [0.5, 0.6) is 0 Å². The summed E-state index contributed by atoms with van der Waals surface area (Å²) in [5.41, 5.74) is 1.04. The molecule has 0 atom stereocenters. The minimum atomic E-state index is -3.56. The monoisotopic (exact) mass is 472 g/mol. The predicted octanol–water partition coefficient (Wildman–Crippen LogP) is 4.13. The van der Waals surface area contributed by atoms with Crippen molar-refractivity contribution in [1.82, 2.24) is 14.5 Å². The van der Waals surface area contributed by atoms with Crippen LogP contribution >= 0.6 is 11.8 Å². The molecular formula is C22H24N4O4S2. The summed E-state index contributed by atoms with van der Waals surface area (Å²) in [6.07, 6.45) is 3.70. The van der Waals surface area contributed by atoms with Crippen molar-refractivity contribution in [2.75, 3.05) is 24.7 Å². The number of aromatic nitrogens is 2. The van der Waals surface area contributed by atoms with Crippen molar-refractivity contribution >= 4 is 33.7 Å².